The maximum absolute atomic E-state index is 12.8. The first-order valence-corrected chi connectivity index (χ1v) is 9.45. The molecule has 0 radical (unpaired) electrons. The van der Waals surface area contributed by atoms with E-state index in [-0.39, 0.29) is 0 Å². The van der Waals surface area contributed by atoms with Gasteiger partial charge in [0.05, 0.1) is 0 Å². The van der Waals surface area contributed by atoms with Crippen LogP contribution in [0.5, 0.6) is 0 Å². The Balaban J connectivity index is 1.93. The molecule has 0 aromatic carbocycles. The van der Waals surface area contributed by atoms with Crippen molar-refractivity contribution in [2.75, 3.05) is 0 Å². The molecule has 4 atom stereocenters. The lowest BCUT2D eigenvalue weighted by atomic mass is 9.67. The maximum atomic E-state index is 12.8. The highest BCUT2D eigenvalue weighted by Gasteiger charge is 2.35. The van der Waals surface area contributed by atoms with E-state index < -0.39 is 0 Å². The third-order valence-electron chi connectivity index (χ3n) is 5.15. The molecular formula is C19H30OS. The number of Topliss-reactive ketones (excluding diaryl/α,β-unsaturated/α-hetero) is 1. The highest BCUT2D eigenvalue weighted by molar-refractivity contribution is 7.07. The number of carbonyl (C=O) groups is 1. The van der Waals surface area contributed by atoms with Gasteiger partial charge >= 0.3 is 0 Å². The van der Waals surface area contributed by atoms with E-state index >= 15 is 0 Å². The van der Waals surface area contributed by atoms with Crippen molar-refractivity contribution in [3.63, 3.8) is 0 Å². The Bertz CT molecular complexity index is 434. The van der Waals surface area contributed by atoms with Gasteiger partial charge in [0.15, 0.2) is 0 Å². The minimum Gasteiger partial charge on any atom is -0.299 e. The zero-order valence-corrected chi connectivity index (χ0v) is 14.8. The summed E-state index contributed by atoms with van der Waals surface area (Å²) >= 11 is 1.75. The summed E-state index contributed by atoms with van der Waals surface area (Å²) in [5.41, 5.74) is 1.39. The number of rotatable bonds is 6. The molecule has 0 bridgehead atoms. The second-order valence-corrected chi connectivity index (χ2v) is 8.32. The average molecular weight is 307 g/mol. The molecule has 0 spiro atoms. The summed E-state index contributed by atoms with van der Waals surface area (Å²) in [4.78, 5) is 12.8. The van der Waals surface area contributed by atoms with Gasteiger partial charge < -0.3 is 0 Å². The van der Waals surface area contributed by atoms with Crippen molar-refractivity contribution in [3.8, 4) is 0 Å². The first-order valence-electron chi connectivity index (χ1n) is 8.51. The number of carbonyl (C=O) groups excluding carboxylic acids is 1. The Kier molecular flexibility index (Phi) is 6.04. The van der Waals surface area contributed by atoms with E-state index in [4.69, 9.17) is 0 Å². The predicted molar refractivity (Wildman–Crippen MR) is 91.6 cm³/mol. The SMILES string of the molecule is CC(CC(=O)[C@@H]1C[C@H](C)CC[C@H]1C(C)C)Cc1ccsc1. The third-order valence-corrected chi connectivity index (χ3v) is 5.88. The van der Waals surface area contributed by atoms with Gasteiger partial charge in [0.2, 0.25) is 0 Å². The molecule has 2 rings (SSSR count). The Morgan fingerprint density at radius 1 is 1.33 bits per heavy atom. The molecule has 2 heteroatoms. The number of hydrogen-bond donors (Lipinski definition) is 0. The zero-order chi connectivity index (χ0) is 15.4. The molecule has 0 N–H and O–H groups in total. The van der Waals surface area contributed by atoms with Crippen molar-refractivity contribution in [3.05, 3.63) is 22.4 Å². The molecular weight excluding hydrogens is 276 g/mol. The standard InChI is InChI=1S/C19H30OS/c1-13(2)17-6-5-14(3)10-18(17)19(20)11-15(4)9-16-7-8-21-12-16/h7-8,12-15,17-18H,5-6,9-11H2,1-4H3/t14-,15?,17+,18-/m1/s1. The van der Waals surface area contributed by atoms with Gasteiger partial charge in [0.25, 0.3) is 0 Å². The van der Waals surface area contributed by atoms with Crippen LogP contribution in [0.3, 0.4) is 0 Å². The molecule has 1 aromatic rings. The molecule has 1 saturated carbocycles. The lowest BCUT2D eigenvalue weighted by molar-refractivity contribution is -0.127. The molecule has 1 fully saturated rings. The van der Waals surface area contributed by atoms with Crippen LogP contribution in [0.25, 0.3) is 0 Å². The van der Waals surface area contributed by atoms with E-state index in [1.165, 1.54) is 18.4 Å². The molecule has 1 heterocycles. The highest BCUT2D eigenvalue weighted by atomic mass is 32.1. The first kappa shape index (κ1) is 16.7. The quantitative estimate of drug-likeness (QED) is 0.669. The number of ketones is 1. The van der Waals surface area contributed by atoms with Crippen molar-refractivity contribution in [2.45, 2.75) is 59.8 Å². The molecule has 21 heavy (non-hydrogen) atoms. The smallest absolute Gasteiger partial charge is 0.136 e. The van der Waals surface area contributed by atoms with Crippen LogP contribution in [0.2, 0.25) is 0 Å². The first-order chi connectivity index (χ1) is 9.97. The minimum absolute atomic E-state index is 0.318. The Morgan fingerprint density at radius 2 is 2.10 bits per heavy atom. The molecule has 0 saturated heterocycles. The second kappa shape index (κ2) is 7.58. The minimum atomic E-state index is 0.318. The normalized spacial score (nSPS) is 27.8. The largest absolute Gasteiger partial charge is 0.299 e. The van der Waals surface area contributed by atoms with Gasteiger partial charge in [-0.25, -0.2) is 0 Å². The van der Waals surface area contributed by atoms with Crippen LogP contribution in [-0.2, 0) is 11.2 Å². The summed E-state index contributed by atoms with van der Waals surface area (Å²) in [6, 6.07) is 2.19. The summed E-state index contributed by atoms with van der Waals surface area (Å²) < 4.78 is 0. The lowest BCUT2D eigenvalue weighted by Gasteiger charge is -2.37. The van der Waals surface area contributed by atoms with Gasteiger partial charge in [-0.3, -0.25) is 4.79 Å². The van der Waals surface area contributed by atoms with Crippen molar-refractivity contribution >= 4 is 17.1 Å². The van der Waals surface area contributed by atoms with Crippen LogP contribution in [0, 0.1) is 29.6 Å². The fourth-order valence-electron chi connectivity index (χ4n) is 3.95. The van der Waals surface area contributed by atoms with Gasteiger partial charge in [-0.2, -0.15) is 11.3 Å². The van der Waals surface area contributed by atoms with Gasteiger partial charge in [0.1, 0.15) is 5.78 Å². The fourth-order valence-corrected chi connectivity index (χ4v) is 4.63. The number of thiophene rings is 1. The van der Waals surface area contributed by atoms with Gasteiger partial charge in [-0.1, -0.05) is 34.1 Å². The van der Waals surface area contributed by atoms with Crippen LogP contribution in [-0.4, -0.2) is 5.78 Å². The number of hydrogen-bond acceptors (Lipinski definition) is 2. The average Bonchev–Trinajstić information content (AvgIpc) is 2.90. The van der Waals surface area contributed by atoms with Crippen molar-refractivity contribution in [1.82, 2.24) is 0 Å². The van der Waals surface area contributed by atoms with Crippen LogP contribution in [0.1, 0.15) is 58.9 Å². The van der Waals surface area contributed by atoms with E-state index in [2.05, 4.69) is 44.5 Å². The molecule has 1 unspecified atom stereocenters. The Labute approximate surface area is 134 Å². The summed E-state index contributed by atoms with van der Waals surface area (Å²) in [6.07, 6.45) is 5.47. The summed E-state index contributed by atoms with van der Waals surface area (Å²) in [5, 5.41) is 4.34. The molecule has 1 aliphatic rings. The van der Waals surface area contributed by atoms with E-state index in [0.29, 0.717) is 29.5 Å². The third kappa shape index (κ3) is 4.67. The molecule has 1 aromatic heterocycles. The van der Waals surface area contributed by atoms with E-state index in [0.717, 1.165) is 25.2 Å². The van der Waals surface area contributed by atoms with Crippen molar-refractivity contribution < 1.29 is 4.79 Å². The van der Waals surface area contributed by atoms with E-state index in [1.807, 2.05) is 0 Å². The lowest BCUT2D eigenvalue weighted by Crippen LogP contribution is -2.34. The van der Waals surface area contributed by atoms with E-state index in [9.17, 15) is 4.79 Å². The topological polar surface area (TPSA) is 17.1 Å². The van der Waals surface area contributed by atoms with Crippen molar-refractivity contribution in [2.24, 2.45) is 29.6 Å². The highest BCUT2D eigenvalue weighted by Crippen LogP contribution is 2.39. The molecule has 1 aliphatic carbocycles. The monoisotopic (exact) mass is 306 g/mol. The summed E-state index contributed by atoms with van der Waals surface area (Å²) in [6.45, 7) is 9.11. The van der Waals surface area contributed by atoms with Crippen LogP contribution in [0.15, 0.2) is 16.8 Å². The van der Waals surface area contributed by atoms with Crippen LogP contribution < -0.4 is 0 Å². The van der Waals surface area contributed by atoms with Gasteiger partial charge in [-0.05, 0) is 65.3 Å². The van der Waals surface area contributed by atoms with Crippen LogP contribution >= 0.6 is 11.3 Å². The molecule has 0 amide bonds. The summed E-state index contributed by atoms with van der Waals surface area (Å²) in [5.74, 6) is 3.29. The van der Waals surface area contributed by atoms with E-state index in [1.54, 1.807) is 11.3 Å². The second-order valence-electron chi connectivity index (χ2n) is 7.54. The Morgan fingerprint density at radius 3 is 2.71 bits per heavy atom. The molecule has 0 aliphatic heterocycles. The van der Waals surface area contributed by atoms with Gasteiger partial charge in [0, 0.05) is 12.3 Å². The maximum Gasteiger partial charge on any atom is 0.136 e. The molecule has 118 valence electrons. The fraction of sp³-hybridized carbons (Fsp3) is 0.737. The van der Waals surface area contributed by atoms with Crippen molar-refractivity contribution in [1.29, 1.82) is 0 Å². The summed E-state index contributed by atoms with van der Waals surface area (Å²) in [7, 11) is 0. The predicted octanol–water partition coefficient (Wildman–Crippen LogP) is 5.59. The molecule has 1 nitrogen and oxygen atoms in total. The van der Waals surface area contributed by atoms with Gasteiger partial charge in [-0.15, -0.1) is 0 Å². The zero-order valence-electron chi connectivity index (χ0n) is 14.0. The Hall–Kier alpha value is -0.630. The van der Waals surface area contributed by atoms with Crippen LogP contribution in [0.4, 0.5) is 0 Å².